The summed E-state index contributed by atoms with van der Waals surface area (Å²) in [5.74, 6) is 1.96. The Bertz CT molecular complexity index is 780. The predicted octanol–water partition coefficient (Wildman–Crippen LogP) is 5.31. The number of rotatable bonds is 8. The first-order valence-electron chi connectivity index (χ1n) is 10.1. The topological polar surface area (TPSA) is 15.7 Å². The maximum atomic E-state index is 6.14. The summed E-state index contributed by atoms with van der Waals surface area (Å²) in [7, 11) is 8.42. The van der Waals surface area contributed by atoms with Gasteiger partial charge in [-0.2, -0.15) is 0 Å². The Hall–Kier alpha value is -2.36. The third kappa shape index (κ3) is 5.82. The lowest BCUT2D eigenvalue weighted by Crippen LogP contribution is -2.11. The fraction of sp³-hybridized carbons (Fsp3) is 0.360. The first kappa shape index (κ1) is 20.4. The minimum atomic E-state index is 0.920. The molecule has 2 aromatic rings. The predicted molar refractivity (Wildman–Crippen MR) is 120 cm³/mol. The van der Waals surface area contributed by atoms with Gasteiger partial charge in [-0.3, -0.25) is 0 Å². The number of hydrogen-bond donors (Lipinski definition) is 0. The summed E-state index contributed by atoms with van der Waals surface area (Å²) >= 11 is 0. The molecular weight excluding hydrogens is 344 g/mol. The summed E-state index contributed by atoms with van der Waals surface area (Å²) in [5.41, 5.74) is 5.00. The van der Waals surface area contributed by atoms with Crippen molar-refractivity contribution < 1.29 is 4.74 Å². The Morgan fingerprint density at radius 1 is 0.750 bits per heavy atom. The Labute approximate surface area is 169 Å². The van der Waals surface area contributed by atoms with Crippen LogP contribution in [0.15, 0.2) is 48.6 Å². The van der Waals surface area contributed by atoms with E-state index in [-0.39, 0.29) is 0 Å². The Balaban J connectivity index is 1.68. The lowest BCUT2D eigenvalue weighted by atomic mass is 9.96. The van der Waals surface area contributed by atoms with Gasteiger partial charge >= 0.3 is 0 Å². The van der Waals surface area contributed by atoms with E-state index in [4.69, 9.17) is 4.74 Å². The molecule has 0 radical (unpaired) electrons. The zero-order valence-electron chi connectivity index (χ0n) is 17.6. The van der Waals surface area contributed by atoms with Crippen LogP contribution in [0.1, 0.15) is 35.1 Å². The van der Waals surface area contributed by atoms with Gasteiger partial charge in [0.2, 0.25) is 0 Å². The fourth-order valence-electron chi connectivity index (χ4n) is 3.31. The largest absolute Gasteiger partial charge is 0.457 e. The Morgan fingerprint density at radius 3 is 1.64 bits per heavy atom. The molecule has 3 heteroatoms. The van der Waals surface area contributed by atoms with E-state index >= 15 is 0 Å². The summed E-state index contributed by atoms with van der Waals surface area (Å²) in [5, 5.41) is 0. The number of benzene rings is 2. The number of hydrogen-bond acceptors (Lipinski definition) is 3. The maximum absolute atomic E-state index is 6.14. The number of ether oxygens (including phenoxy) is 1. The molecule has 0 N–H and O–H groups in total. The third-order valence-electron chi connectivity index (χ3n) is 4.88. The molecule has 148 valence electrons. The van der Waals surface area contributed by atoms with Crippen molar-refractivity contribution in [3.8, 4) is 11.5 Å². The molecule has 0 spiro atoms. The zero-order chi connectivity index (χ0) is 19.9. The van der Waals surface area contributed by atoms with Crippen molar-refractivity contribution >= 4 is 12.2 Å². The summed E-state index contributed by atoms with van der Waals surface area (Å²) in [6, 6.07) is 13.0. The molecule has 0 aromatic heterocycles. The molecule has 1 heterocycles. The fourth-order valence-corrected chi connectivity index (χ4v) is 3.31. The van der Waals surface area contributed by atoms with E-state index in [1.807, 2.05) is 0 Å². The van der Waals surface area contributed by atoms with Crippen LogP contribution >= 0.6 is 0 Å². The molecule has 0 fully saturated rings. The first-order valence-corrected chi connectivity index (χ1v) is 10.1. The third-order valence-corrected chi connectivity index (χ3v) is 4.88. The van der Waals surface area contributed by atoms with Gasteiger partial charge in [-0.05, 0) is 87.6 Å². The number of nitrogens with zero attached hydrogens (tertiary/aromatic N) is 2. The standard InChI is InChI=1S/C25H32N2O/c1-26(2)15-7-5-9-20-11-13-24-22(17-20)19-23-18-21(12-14-25(23)28-24)10-6-8-16-27(3)4/h5-6,9-14,17-18H,7-8,15-16,19H2,1-4H3/b9-5+,10-6+. The second-order valence-corrected chi connectivity index (χ2v) is 8.00. The van der Waals surface area contributed by atoms with Crippen LogP contribution in [0.3, 0.4) is 0 Å². The molecule has 0 saturated carbocycles. The van der Waals surface area contributed by atoms with Crippen LogP contribution in [0.25, 0.3) is 12.2 Å². The molecule has 28 heavy (non-hydrogen) atoms. The smallest absolute Gasteiger partial charge is 0.131 e. The van der Waals surface area contributed by atoms with Crippen molar-refractivity contribution in [2.75, 3.05) is 41.3 Å². The summed E-state index contributed by atoms with van der Waals surface area (Å²) in [6.45, 7) is 2.14. The minimum Gasteiger partial charge on any atom is -0.457 e. The molecule has 0 atom stereocenters. The lowest BCUT2D eigenvalue weighted by molar-refractivity contribution is 0.417. The minimum absolute atomic E-state index is 0.920. The first-order chi connectivity index (χ1) is 13.5. The van der Waals surface area contributed by atoms with Gasteiger partial charge in [0.1, 0.15) is 11.5 Å². The highest BCUT2D eigenvalue weighted by Crippen LogP contribution is 2.37. The van der Waals surface area contributed by atoms with E-state index in [0.717, 1.165) is 43.9 Å². The average molecular weight is 377 g/mol. The van der Waals surface area contributed by atoms with E-state index in [1.165, 1.54) is 22.3 Å². The molecule has 0 saturated heterocycles. The van der Waals surface area contributed by atoms with Crippen LogP contribution < -0.4 is 4.74 Å². The van der Waals surface area contributed by atoms with Crippen molar-refractivity contribution in [1.29, 1.82) is 0 Å². The van der Waals surface area contributed by atoms with Crippen molar-refractivity contribution in [2.24, 2.45) is 0 Å². The van der Waals surface area contributed by atoms with Gasteiger partial charge in [-0.15, -0.1) is 0 Å². The van der Waals surface area contributed by atoms with E-state index < -0.39 is 0 Å². The van der Waals surface area contributed by atoms with Crippen LogP contribution in [-0.4, -0.2) is 51.1 Å². The Morgan fingerprint density at radius 2 is 1.21 bits per heavy atom. The van der Waals surface area contributed by atoms with Crippen molar-refractivity contribution in [1.82, 2.24) is 9.80 Å². The maximum Gasteiger partial charge on any atom is 0.131 e. The second-order valence-electron chi connectivity index (χ2n) is 8.00. The molecule has 0 bridgehead atoms. The molecule has 3 rings (SSSR count). The van der Waals surface area contributed by atoms with Crippen LogP contribution in [0.5, 0.6) is 11.5 Å². The van der Waals surface area contributed by atoms with Crippen LogP contribution in [0.4, 0.5) is 0 Å². The van der Waals surface area contributed by atoms with Gasteiger partial charge in [0.25, 0.3) is 0 Å². The van der Waals surface area contributed by atoms with Gasteiger partial charge in [-0.25, -0.2) is 0 Å². The molecule has 1 aliphatic rings. The van der Waals surface area contributed by atoms with E-state index in [2.05, 4.69) is 98.7 Å². The summed E-state index contributed by atoms with van der Waals surface area (Å²) < 4.78 is 6.14. The highest BCUT2D eigenvalue weighted by Gasteiger charge is 2.17. The van der Waals surface area contributed by atoms with Crippen molar-refractivity contribution in [2.45, 2.75) is 19.3 Å². The highest BCUT2D eigenvalue weighted by molar-refractivity contribution is 5.60. The Kier molecular flexibility index (Phi) is 7.07. The monoisotopic (exact) mass is 376 g/mol. The van der Waals surface area contributed by atoms with Crippen LogP contribution in [-0.2, 0) is 6.42 Å². The highest BCUT2D eigenvalue weighted by atomic mass is 16.5. The van der Waals surface area contributed by atoms with E-state index in [1.54, 1.807) is 0 Å². The SMILES string of the molecule is CN(C)CC/C=C/c1ccc2c(c1)Cc1cc(/C=C/CCN(C)C)ccc1O2. The zero-order valence-corrected chi connectivity index (χ0v) is 17.6. The summed E-state index contributed by atoms with van der Waals surface area (Å²) in [6.07, 6.45) is 12.0. The van der Waals surface area contributed by atoms with E-state index in [0.29, 0.717) is 0 Å². The lowest BCUT2D eigenvalue weighted by Gasteiger charge is -2.21. The molecule has 0 aliphatic carbocycles. The second kappa shape index (κ2) is 9.72. The van der Waals surface area contributed by atoms with Crippen LogP contribution in [0, 0.1) is 0 Å². The molecule has 2 aromatic carbocycles. The van der Waals surface area contributed by atoms with Gasteiger partial charge in [0.15, 0.2) is 0 Å². The molecule has 0 unspecified atom stereocenters. The van der Waals surface area contributed by atoms with Gasteiger partial charge in [-0.1, -0.05) is 36.4 Å². The van der Waals surface area contributed by atoms with Crippen LogP contribution in [0.2, 0.25) is 0 Å². The van der Waals surface area contributed by atoms with E-state index in [9.17, 15) is 0 Å². The molecule has 0 amide bonds. The molecular formula is C25H32N2O. The molecule has 1 aliphatic heterocycles. The summed E-state index contributed by atoms with van der Waals surface area (Å²) in [4.78, 5) is 4.41. The van der Waals surface area contributed by atoms with Crippen molar-refractivity contribution in [3.05, 3.63) is 70.8 Å². The molecule has 3 nitrogen and oxygen atoms in total. The van der Waals surface area contributed by atoms with Gasteiger partial charge in [0.05, 0.1) is 0 Å². The van der Waals surface area contributed by atoms with Gasteiger partial charge < -0.3 is 14.5 Å². The van der Waals surface area contributed by atoms with Gasteiger partial charge in [0, 0.05) is 19.5 Å². The quantitative estimate of drug-likeness (QED) is 0.530. The van der Waals surface area contributed by atoms with Crippen molar-refractivity contribution in [3.63, 3.8) is 0 Å². The number of fused-ring (bicyclic) bond motifs is 2. The normalized spacial score (nSPS) is 13.4. The average Bonchev–Trinajstić information content (AvgIpc) is 2.66.